The van der Waals surface area contributed by atoms with Crippen molar-refractivity contribution in [1.82, 2.24) is 0 Å². The molecule has 0 aromatic rings. The first-order chi connectivity index (χ1) is 8.98. The molecule has 2 aliphatic heterocycles. The molecule has 19 heavy (non-hydrogen) atoms. The predicted octanol–water partition coefficient (Wildman–Crippen LogP) is 4.64. The van der Waals surface area contributed by atoms with Crippen LogP contribution in [0.2, 0.25) is 0 Å². The van der Waals surface area contributed by atoms with Crippen molar-refractivity contribution >= 4 is 23.4 Å². The van der Waals surface area contributed by atoms with Gasteiger partial charge >= 0.3 is 0 Å². The van der Waals surface area contributed by atoms with Gasteiger partial charge in [-0.3, -0.25) is 0 Å². The Balaban J connectivity index is 1.74. The molecule has 108 valence electrons. The number of allylic oxidation sites excluding steroid dienone is 2. The molecule has 0 N–H and O–H groups in total. The second-order valence-corrected chi connectivity index (χ2v) is 8.99. The Morgan fingerprint density at radius 3 is 2.89 bits per heavy atom. The lowest BCUT2D eigenvalue weighted by atomic mass is 9.70. The maximum atomic E-state index is 6.45. The van der Waals surface area contributed by atoms with Crippen LogP contribution in [0.4, 0.5) is 0 Å². The van der Waals surface area contributed by atoms with Gasteiger partial charge in [-0.25, -0.2) is 0 Å². The number of hydrogen-bond acceptors (Lipinski definition) is 2. The van der Waals surface area contributed by atoms with Crippen molar-refractivity contribution < 1.29 is 4.74 Å². The van der Waals surface area contributed by atoms with Gasteiger partial charge in [-0.1, -0.05) is 25.5 Å². The summed E-state index contributed by atoms with van der Waals surface area (Å²) in [4.78, 5) is 0. The molecule has 1 spiro atoms. The first kappa shape index (κ1) is 14.3. The Labute approximate surface area is 126 Å². The van der Waals surface area contributed by atoms with Gasteiger partial charge in [0.25, 0.3) is 0 Å². The number of ether oxygens (including phenoxy) is 1. The summed E-state index contributed by atoms with van der Waals surface area (Å²) in [5.74, 6) is 3.19. The summed E-state index contributed by atoms with van der Waals surface area (Å²) in [5.41, 5.74) is 2.18. The van der Waals surface area contributed by atoms with E-state index >= 15 is 0 Å². The average Bonchev–Trinajstić information content (AvgIpc) is 2.75. The van der Waals surface area contributed by atoms with Gasteiger partial charge in [0, 0.05) is 12.4 Å². The van der Waals surface area contributed by atoms with Crippen molar-refractivity contribution in [1.29, 1.82) is 0 Å². The lowest BCUT2D eigenvalue weighted by Gasteiger charge is -2.42. The zero-order valence-electron chi connectivity index (χ0n) is 12.1. The fourth-order valence-electron chi connectivity index (χ4n) is 3.99. The van der Waals surface area contributed by atoms with Gasteiger partial charge in [0.15, 0.2) is 0 Å². The molecular weight excluding hydrogens is 276 g/mol. The molecule has 3 atom stereocenters. The normalized spacial score (nSPS) is 42.4. The van der Waals surface area contributed by atoms with E-state index in [4.69, 9.17) is 16.3 Å². The van der Waals surface area contributed by atoms with Crippen LogP contribution in [0, 0.1) is 11.3 Å². The minimum atomic E-state index is 0.192. The second kappa shape index (κ2) is 5.27. The fraction of sp³-hybridized carbons (Fsp3) is 0.875. The molecule has 0 aromatic heterocycles. The third-order valence-corrected chi connectivity index (χ3v) is 6.41. The maximum absolute atomic E-state index is 6.45. The molecule has 1 aliphatic carbocycles. The Kier molecular flexibility index (Phi) is 3.96. The molecule has 3 unspecified atom stereocenters. The monoisotopic (exact) mass is 300 g/mol. The first-order valence-corrected chi connectivity index (χ1v) is 9.14. The fourth-order valence-corrected chi connectivity index (χ4v) is 5.95. The molecular formula is C16H25ClOS. The van der Waals surface area contributed by atoms with Crippen molar-refractivity contribution in [2.24, 2.45) is 11.3 Å². The molecule has 0 saturated carbocycles. The highest BCUT2D eigenvalue weighted by Crippen LogP contribution is 2.47. The van der Waals surface area contributed by atoms with E-state index in [-0.39, 0.29) is 11.0 Å². The smallest absolute Gasteiger partial charge is 0.0786 e. The molecule has 0 amide bonds. The van der Waals surface area contributed by atoms with Crippen LogP contribution in [0.15, 0.2) is 11.6 Å². The second-order valence-electron chi connectivity index (χ2n) is 7.33. The Morgan fingerprint density at radius 1 is 1.37 bits per heavy atom. The van der Waals surface area contributed by atoms with Crippen molar-refractivity contribution in [3.05, 3.63) is 11.6 Å². The largest absolute Gasteiger partial charge is 0.374 e. The quantitative estimate of drug-likeness (QED) is 0.515. The van der Waals surface area contributed by atoms with Crippen LogP contribution in [0.5, 0.6) is 0 Å². The molecule has 0 aromatic carbocycles. The van der Waals surface area contributed by atoms with Crippen LogP contribution in [0.25, 0.3) is 0 Å². The van der Waals surface area contributed by atoms with Gasteiger partial charge in [-0.15, -0.1) is 11.6 Å². The highest BCUT2D eigenvalue weighted by atomic mass is 35.5. The first-order valence-electron chi connectivity index (χ1n) is 7.55. The summed E-state index contributed by atoms with van der Waals surface area (Å²) in [6.45, 7) is 5.65. The van der Waals surface area contributed by atoms with E-state index in [1.54, 1.807) is 5.57 Å². The van der Waals surface area contributed by atoms with Gasteiger partial charge in [0.1, 0.15) is 0 Å². The van der Waals surface area contributed by atoms with E-state index in [1.807, 2.05) is 0 Å². The lowest BCUT2D eigenvalue weighted by molar-refractivity contribution is -0.0746. The molecule has 2 fully saturated rings. The molecule has 3 aliphatic rings. The summed E-state index contributed by atoms with van der Waals surface area (Å²) >= 11 is 8.51. The molecule has 2 saturated heterocycles. The van der Waals surface area contributed by atoms with E-state index in [0.717, 1.165) is 13.0 Å². The lowest BCUT2D eigenvalue weighted by Crippen LogP contribution is -2.41. The van der Waals surface area contributed by atoms with Crippen molar-refractivity contribution in [3.8, 4) is 0 Å². The van der Waals surface area contributed by atoms with Crippen LogP contribution in [-0.2, 0) is 4.74 Å². The molecule has 3 rings (SSSR count). The Morgan fingerprint density at radius 2 is 2.21 bits per heavy atom. The minimum absolute atomic E-state index is 0.192. The number of hydrogen-bond donors (Lipinski definition) is 0. The van der Waals surface area contributed by atoms with Crippen LogP contribution in [-0.4, -0.2) is 29.1 Å². The maximum Gasteiger partial charge on any atom is 0.0786 e. The molecule has 2 heterocycles. The van der Waals surface area contributed by atoms with E-state index in [9.17, 15) is 0 Å². The van der Waals surface area contributed by atoms with Crippen LogP contribution in [0.1, 0.15) is 46.0 Å². The van der Waals surface area contributed by atoms with Gasteiger partial charge in [-0.2, -0.15) is 11.8 Å². The SMILES string of the molecule is CC1(C)CC(C2CCOC3(CCSC3)C2)=CC(Cl)C1. The molecule has 3 heteroatoms. The summed E-state index contributed by atoms with van der Waals surface area (Å²) in [6.07, 6.45) is 8.36. The standard InChI is InChI=1S/C16H25ClOS/c1-15(2)8-13(7-14(17)10-15)12-3-5-18-16(9-12)4-6-19-11-16/h7,12,14H,3-6,8-11H2,1-2H3. The summed E-state index contributed by atoms with van der Waals surface area (Å²) in [5, 5.41) is 0.232. The molecule has 0 bridgehead atoms. The topological polar surface area (TPSA) is 9.23 Å². The molecule has 0 radical (unpaired) electrons. The third-order valence-electron chi connectivity index (χ3n) is 4.91. The Hall–Kier alpha value is 0.340. The van der Waals surface area contributed by atoms with Gasteiger partial charge in [0.05, 0.1) is 11.0 Å². The number of alkyl halides is 1. The van der Waals surface area contributed by atoms with Crippen LogP contribution in [0.3, 0.4) is 0 Å². The number of halogens is 1. The van der Waals surface area contributed by atoms with Crippen LogP contribution >= 0.6 is 23.4 Å². The number of rotatable bonds is 1. The predicted molar refractivity (Wildman–Crippen MR) is 84.1 cm³/mol. The van der Waals surface area contributed by atoms with E-state index in [2.05, 4.69) is 31.7 Å². The zero-order valence-corrected chi connectivity index (χ0v) is 13.7. The summed E-state index contributed by atoms with van der Waals surface area (Å²) in [6, 6.07) is 0. The third kappa shape index (κ3) is 3.16. The van der Waals surface area contributed by atoms with E-state index < -0.39 is 0 Å². The van der Waals surface area contributed by atoms with Crippen molar-refractivity contribution in [2.45, 2.75) is 56.9 Å². The minimum Gasteiger partial charge on any atom is -0.374 e. The zero-order chi connectivity index (χ0) is 13.5. The summed E-state index contributed by atoms with van der Waals surface area (Å²) < 4.78 is 6.15. The average molecular weight is 301 g/mol. The van der Waals surface area contributed by atoms with Crippen molar-refractivity contribution in [3.63, 3.8) is 0 Å². The highest BCUT2D eigenvalue weighted by molar-refractivity contribution is 7.99. The highest BCUT2D eigenvalue weighted by Gasteiger charge is 2.42. The van der Waals surface area contributed by atoms with Gasteiger partial charge < -0.3 is 4.74 Å². The molecule has 1 nitrogen and oxygen atoms in total. The van der Waals surface area contributed by atoms with Gasteiger partial charge in [0.2, 0.25) is 0 Å². The summed E-state index contributed by atoms with van der Waals surface area (Å²) in [7, 11) is 0. The van der Waals surface area contributed by atoms with Crippen molar-refractivity contribution in [2.75, 3.05) is 18.1 Å². The van der Waals surface area contributed by atoms with E-state index in [0.29, 0.717) is 11.3 Å². The number of thioether (sulfide) groups is 1. The van der Waals surface area contributed by atoms with Crippen LogP contribution < -0.4 is 0 Å². The van der Waals surface area contributed by atoms with E-state index in [1.165, 1.54) is 37.2 Å². The van der Waals surface area contributed by atoms with Gasteiger partial charge in [-0.05, 0) is 49.2 Å². The Bertz CT molecular complexity index is 371.